The molecule has 0 saturated heterocycles. The van der Waals surface area contributed by atoms with Crippen LogP contribution in [0.1, 0.15) is 23.0 Å². The normalized spacial score (nSPS) is 10.1. The Morgan fingerprint density at radius 2 is 2.58 bits per heavy atom. The maximum Gasteiger partial charge on any atom is 0.375 e. The van der Waals surface area contributed by atoms with E-state index in [1.54, 1.807) is 0 Å². The van der Waals surface area contributed by atoms with E-state index in [-0.39, 0.29) is 5.76 Å². The molecule has 5 heteroatoms. The van der Waals surface area contributed by atoms with Crippen LogP contribution >= 0.6 is 0 Å². The number of carbonyl (C=O) groups is 1. The molecule has 66 valence electrons. The van der Waals surface area contributed by atoms with Gasteiger partial charge in [-0.2, -0.15) is 0 Å². The molecule has 0 aliphatic carbocycles. The zero-order chi connectivity index (χ0) is 8.97. The Morgan fingerprint density at radius 1 is 1.83 bits per heavy atom. The van der Waals surface area contributed by atoms with Crippen molar-refractivity contribution < 1.29 is 14.4 Å². The van der Waals surface area contributed by atoms with Gasteiger partial charge in [0, 0.05) is 12.1 Å². The Balaban J connectivity index is 2.70. The standard InChI is InChI=1S/C7H10N2O3/c1-2-8-3-5-4-9-12-6(5)7(10)11/h4,8H,2-3H2,1H3,(H,10,11). The molecule has 12 heavy (non-hydrogen) atoms. The highest BCUT2D eigenvalue weighted by Gasteiger charge is 2.14. The molecule has 1 aromatic rings. The van der Waals surface area contributed by atoms with Crippen molar-refractivity contribution >= 4 is 5.97 Å². The highest BCUT2D eigenvalue weighted by Crippen LogP contribution is 2.06. The van der Waals surface area contributed by atoms with E-state index in [0.717, 1.165) is 6.54 Å². The number of hydrogen-bond donors (Lipinski definition) is 2. The highest BCUT2D eigenvalue weighted by molar-refractivity contribution is 5.85. The molecule has 0 aromatic carbocycles. The number of aromatic nitrogens is 1. The third-order valence-corrected chi connectivity index (χ3v) is 1.40. The number of aromatic carboxylic acids is 1. The van der Waals surface area contributed by atoms with Crippen molar-refractivity contribution in [2.75, 3.05) is 6.54 Å². The molecular weight excluding hydrogens is 160 g/mol. The van der Waals surface area contributed by atoms with Gasteiger partial charge in [-0.05, 0) is 6.54 Å². The van der Waals surface area contributed by atoms with Gasteiger partial charge >= 0.3 is 5.97 Å². The number of nitrogens with one attached hydrogen (secondary N) is 1. The number of carboxylic acids is 1. The van der Waals surface area contributed by atoms with Gasteiger partial charge in [-0.1, -0.05) is 12.1 Å². The Morgan fingerprint density at radius 3 is 3.17 bits per heavy atom. The average molecular weight is 170 g/mol. The minimum Gasteiger partial charge on any atom is -0.475 e. The van der Waals surface area contributed by atoms with E-state index in [2.05, 4.69) is 15.0 Å². The van der Waals surface area contributed by atoms with Crippen LogP contribution in [0.15, 0.2) is 10.7 Å². The van der Waals surface area contributed by atoms with Crippen molar-refractivity contribution in [2.24, 2.45) is 0 Å². The lowest BCUT2D eigenvalue weighted by Crippen LogP contribution is -2.13. The van der Waals surface area contributed by atoms with Crippen LogP contribution < -0.4 is 5.32 Å². The fraction of sp³-hybridized carbons (Fsp3) is 0.429. The summed E-state index contributed by atoms with van der Waals surface area (Å²) in [7, 11) is 0. The fourth-order valence-electron chi connectivity index (χ4n) is 0.822. The third-order valence-electron chi connectivity index (χ3n) is 1.40. The zero-order valence-electron chi connectivity index (χ0n) is 6.70. The van der Waals surface area contributed by atoms with E-state index in [1.807, 2.05) is 6.92 Å². The summed E-state index contributed by atoms with van der Waals surface area (Å²) in [6.45, 7) is 3.19. The van der Waals surface area contributed by atoms with Gasteiger partial charge in [0.2, 0.25) is 5.76 Å². The van der Waals surface area contributed by atoms with E-state index in [1.165, 1.54) is 6.20 Å². The van der Waals surface area contributed by atoms with Crippen LogP contribution in [-0.4, -0.2) is 22.8 Å². The Hall–Kier alpha value is -1.36. The molecule has 0 bridgehead atoms. The quantitative estimate of drug-likeness (QED) is 0.687. The molecule has 0 fully saturated rings. The van der Waals surface area contributed by atoms with Gasteiger partial charge < -0.3 is 14.9 Å². The van der Waals surface area contributed by atoms with E-state index >= 15 is 0 Å². The van der Waals surface area contributed by atoms with Gasteiger partial charge in [0.1, 0.15) is 0 Å². The molecule has 1 rings (SSSR count). The average Bonchev–Trinajstić information content (AvgIpc) is 2.48. The molecule has 0 amide bonds. The molecular formula is C7H10N2O3. The summed E-state index contributed by atoms with van der Waals surface area (Å²) < 4.78 is 4.53. The number of nitrogens with zero attached hydrogens (tertiary/aromatic N) is 1. The van der Waals surface area contributed by atoms with Gasteiger partial charge in [-0.3, -0.25) is 0 Å². The Labute approximate surface area is 69.4 Å². The van der Waals surface area contributed by atoms with Gasteiger partial charge in [0.05, 0.1) is 6.20 Å². The van der Waals surface area contributed by atoms with E-state index < -0.39 is 5.97 Å². The minimum atomic E-state index is -1.08. The Bertz CT molecular complexity index is 269. The van der Waals surface area contributed by atoms with Gasteiger partial charge in [-0.25, -0.2) is 4.79 Å². The van der Waals surface area contributed by atoms with E-state index in [4.69, 9.17) is 5.11 Å². The predicted octanol–water partition coefficient (Wildman–Crippen LogP) is 0.482. The van der Waals surface area contributed by atoms with Crippen LogP contribution in [0.5, 0.6) is 0 Å². The molecule has 1 heterocycles. The van der Waals surface area contributed by atoms with Crippen LogP contribution in [0, 0.1) is 0 Å². The summed E-state index contributed by atoms with van der Waals surface area (Å²) in [6, 6.07) is 0. The molecule has 5 nitrogen and oxygen atoms in total. The summed E-state index contributed by atoms with van der Waals surface area (Å²) in [5.41, 5.74) is 0.573. The Kier molecular flexibility index (Phi) is 2.82. The number of carboxylic acid groups (broad SMARTS) is 1. The summed E-state index contributed by atoms with van der Waals surface area (Å²) in [5, 5.41) is 15.0. The van der Waals surface area contributed by atoms with E-state index in [0.29, 0.717) is 12.1 Å². The second-order valence-electron chi connectivity index (χ2n) is 2.27. The fourth-order valence-corrected chi connectivity index (χ4v) is 0.822. The van der Waals surface area contributed by atoms with Crippen molar-refractivity contribution in [3.05, 3.63) is 17.5 Å². The van der Waals surface area contributed by atoms with Crippen LogP contribution in [0.25, 0.3) is 0 Å². The molecule has 0 spiro atoms. The maximum atomic E-state index is 10.5. The zero-order valence-corrected chi connectivity index (χ0v) is 6.70. The molecule has 0 atom stereocenters. The number of hydrogen-bond acceptors (Lipinski definition) is 4. The monoisotopic (exact) mass is 170 g/mol. The largest absolute Gasteiger partial charge is 0.475 e. The summed E-state index contributed by atoms with van der Waals surface area (Å²) in [6.07, 6.45) is 1.41. The minimum absolute atomic E-state index is 0.0871. The van der Waals surface area contributed by atoms with Crippen molar-refractivity contribution in [3.63, 3.8) is 0 Å². The summed E-state index contributed by atoms with van der Waals surface area (Å²) >= 11 is 0. The molecule has 0 aliphatic rings. The summed E-state index contributed by atoms with van der Waals surface area (Å²) in [4.78, 5) is 10.5. The highest BCUT2D eigenvalue weighted by atomic mass is 16.5. The first kappa shape index (κ1) is 8.73. The van der Waals surface area contributed by atoms with Crippen molar-refractivity contribution in [1.82, 2.24) is 10.5 Å². The predicted molar refractivity (Wildman–Crippen MR) is 40.8 cm³/mol. The van der Waals surface area contributed by atoms with E-state index in [9.17, 15) is 4.79 Å². The molecule has 0 radical (unpaired) electrons. The molecule has 0 aliphatic heterocycles. The van der Waals surface area contributed by atoms with Crippen molar-refractivity contribution in [1.29, 1.82) is 0 Å². The van der Waals surface area contributed by atoms with Crippen molar-refractivity contribution in [2.45, 2.75) is 13.5 Å². The molecule has 2 N–H and O–H groups in total. The first-order valence-electron chi connectivity index (χ1n) is 3.63. The molecule has 0 unspecified atom stereocenters. The smallest absolute Gasteiger partial charge is 0.375 e. The lowest BCUT2D eigenvalue weighted by Gasteiger charge is -1.96. The lowest BCUT2D eigenvalue weighted by atomic mass is 10.2. The second-order valence-corrected chi connectivity index (χ2v) is 2.27. The van der Waals surface area contributed by atoms with Gasteiger partial charge in [-0.15, -0.1) is 0 Å². The second kappa shape index (κ2) is 3.87. The first-order chi connectivity index (χ1) is 5.75. The molecule has 0 saturated carbocycles. The number of rotatable bonds is 4. The van der Waals surface area contributed by atoms with Gasteiger partial charge in [0.25, 0.3) is 0 Å². The first-order valence-corrected chi connectivity index (χ1v) is 3.63. The lowest BCUT2D eigenvalue weighted by molar-refractivity contribution is 0.0650. The van der Waals surface area contributed by atoms with Gasteiger partial charge in [0.15, 0.2) is 0 Å². The third kappa shape index (κ3) is 1.82. The topological polar surface area (TPSA) is 75.4 Å². The van der Waals surface area contributed by atoms with Crippen LogP contribution in [0.4, 0.5) is 0 Å². The van der Waals surface area contributed by atoms with Crippen molar-refractivity contribution in [3.8, 4) is 0 Å². The molecule has 1 aromatic heterocycles. The van der Waals surface area contributed by atoms with Crippen LogP contribution in [-0.2, 0) is 6.54 Å². The summed E-state index contributed by atoms with van der Waals surface area (Å²) in [5.74, 6) is -1.17. The SMILES string of the molecule is CCNCc1cnoc1C(=O)O. The maximum absolute atomic E-state index is 10.5. The van der Waals surface area contributed by atoms with Crippen LogP contribution in [0.2, 0.25) is 0 Å². The van der Waals surface area contributed by atoms with Crippen LogP contribution in [0.3, 0.4) is 0 Å².